The Kier molecular flexibility index (Phi) is 0.878. The molecule has 0 aliphatic heterocycles. The third-order valence-electron chi connectivity index (χ3n) is 2.96. The third-order valence-corrected chi connectivity index (χ3v) is 2.96. The van der Waals surface area contributed by atoms with Crippen molar-refractivity contribution >= 4 is 0 Å². The first-order valence-corrected chi connectivity index (χ1v) is 4.15. The van der Waals surface area contributed by atoms with Crippen molar-refractivity contribution in [2.45, 2.75) is 18.4 Å². The van der Waals surface area contributed by atoms with Crippen LogP contribution in [0.15, 0.2) is 24.3 Å². The maximum Gasteiger partial charge on any atom is 0.0827 e. The molecular formula is C10H10O. The minimum atomic E-state index is -0.156. The van der Waals surface area contributed by atoms with E-state index in [1.54, 1.807) is 0 Å². The normalized spacial score (nSPS) is 38.1. The fraction of sp³-hybridized carbons (Fsp3) is 0.400. The van der Waals surface area contributed by atoms with Crippen LogP contribution in [0.5, 0.6) is 0 Å². The van der Waals surface area contributed by atoms with Crippen molar-refractivity contribution < 1.29 is 5.11 Å². The van der Waals surface area contributed by atoms with E-state index in [0.29, 0.717) is 11.8 Å². The first kappa shape index (κ1) is 5.78. The summed E-state index contributed by atoms with van der Waals surface area (Å²) in [5.74, 6) is 1.26. The van der Waals surface area contributed by atoms with Gasteiger partial charge < -0.3 is 5.11 Å². The molecule has 2 aliphatic rings. The summed E-state index contributed by atoms with van der Waals surface area (Å²) in [6, 6.07) is 8.27. The Labute approximate surface area is 65.7 Å². The average molecular weight is 146 g/mol. The van der Waals surface area contributed by atoms with Crippen molar-refractivity contribution in [3.05, 3.63) is 35.4 Å². The molecule has 2 aliphatic carbocycles. The predicted octanol–water partition coefficient (Wildman–Crippen LogP) is 1.84. The maximum absolute atomic E-state index is 9.69. The number of rotatable bonds is 0. The van der Waals surface area contributed by atoms with Crippen LogP contribution in [-0.4, -0.2) is 5.11 Å². The van der Waals surface area contributed by atoms with E-state index in [9.17, 15) is 5.11 Å². The van der Waals surface area contributed by atoms with Gasteiger partial charge >= 0.3 is 0 Å². The van der Waals surface area contributed by atoms with Gasteiger partial charge in [-0.1, -0.05) is 24.3 Å². The fourth-order valence-corrected chi connectivity index (χ4v) is 2.27. The highest BCUT2D eigenvalue weighted by Gasteiger charge is 2.50. The Hall–Kier alpha value is -0.820. The molecule has 0 bridgehead atoms. The van der Waals surface area contributed by atoms with Crippen LogP contribution in [0.4, 0.5) is 0 Å². The first-order valence-electron chi connectivity index (χ1n) is 4.15. The van der Waals surface area contributed by atoms with Gasteiger partial charge in [0.2, 0.25) is 0 Å². The maximum atomic E-state index is 9.69. The Morgan fingerprint density at radius 2 is 1.91 bits per heavy atom. The molecule has 0 radical (unpaired) electrons. The number of hydrogen-bond donors (Lipinski definition) is 1. The van der Waals surface area contributed by atoms with Crippen LogP contribution < -0.4 is 0 Å². The average Bonchev–Trinajstić information content (AvgIpc) is 2.78. The lowest BCUT2D eigenvalue weighted by Crippen LogP contribution is -1.95. The van der Waals surface area contributed by atoms with E-state index in [1.165, 1.54) is 17.5 Å². The van der Waals surface area contributed by atoms with Crippen LogP contribution in [-0.2, 0) is 0 Å². The summed E-state index contributed by atoms with van der Waals surface area (Å²) in [6.45, 7) is 0. The van der Waals surface area contributed by atoms with Gasteiger partial charge in [-0.25, -0.2) is 0 Å². The molecule has 0 amide bonds. The van der Waals surface area contributed by atoms with E-state index in [1.807, 2.05) is 12.1 Å². The Balaban J connectivity index is 2.22. The molecule has 0 spiro atoms. The van der Waals surface area contributed by atoms with Crippen molar-refractivity contribution in [1.82, 2.24) is 0 Å². The zero-order valence-electron chi connectivity index (χ0n) is 6.20. The molecule has 0 heterocycles. The van der Waals surface area contributed by atoms with Gasteiger partial charge in [0.15, 0.2) is 0 Å². The Morgan fingerprint density at radius 3 is 2.64 bits per heavy atom. The summed E-state index contributed by atoms with van der Waals surface area (Å²) in [7, 11) is 0. The van der Waals surface area contributed by atoms with Gasteiger partial charge in [0.25, 0.3) is 0 Å². The lowest BCUT2D eigenvalue weighted by Gasteiger charge is -2.06. The zero-order chi connectivity index (χ0) is 7.42. The second kappa shape index (κ2) is 1.67. The topological polar surface area (TPSA) is 20.2 Å². The lowest BCUT2D eigenvalue weighted by atomic mass is 10.1. The van der Waals surface area contributed by atoms with Gasteiger partial charge in [-0.3, -0.25) is 0 Å². The number of hydrogen-bond acceptors (Lipinski definition) is 1. The van der Waals surface area contributed by atoms with Crippen molar-refractivity contribution in [2.24, 2.45) is 5.92 Å². The van der Waals surface area contributed by atoms with Crippen molar-refractivity contribution in [1.29, 1.82) is 0 Å². The van der Waals surface area contributed by atoms with Gasteiger partial charge in [-0.2, -0.15) is 0 Å². The van der Waals surface area contributed by atoms with Gasteiger partial charge in [-0.15, -0.1) is 0 Å². The molecule has 0 saturated heterocycles. The van der Waals surface area contributed by atoms with Crippen LogP contribution in [0.25, 0.3) is 0 Å². The molecule has 3 rings (SSSR count). The minimum Gasteiger partial charge on any atom is -0.388 e. The summed E-state index contributed by atoms with van der Waals surface area (Å²) in [6.07, 6.45) is 1.05. The van der Waals surface area contributed by atoms with Crippen LogP contribution in [0.2, 0.25) is 0 Å². The van der Waals surface area contributed by atoms with E-state index in [0.717, 1.165) is 0 Å². The molecule has 1 nitrogen and oxygen atoms in total. The zero-order valence-corrected chi connectivity index (χ0v) is 6.20. The molecule has 1 N–H and O–H groups in total. The second-order valence-corrected chi connectivity index (χ2v) is 3.58. The highest BCUT2D eigenvalue weighted by atomic mass is 16.3. The summed E-state index contributed by atoms with van der Waals surface area (Å²) in [5, 5.41) is 9.69. The molecule has 1 aromatic rings. The standard InChI is InChI=1S/C10H10O/c11-10-7-4-2-1-3-6(7)8-5-9(8)10/h1-4,8-11H,5H2/t8-,9-,10-/m1/s1. The predicted molar refractivity (Wildman–Crippen MR) is 42.2 cm³/mol. The van der Waals surface area contributed by atoms with Crippen LogP contribution in [0.1, 0.15) is 29.6 Å². The van der Waals surface area contributed by atoms with E-state index in [-0.39, 0.29) is 6.10 Å². The molecule has 1 fully saturated rings. The van der Waals surface area contributed by atoms with Crippen molar-refractivity contribution in [3.63, 3.8) is 0 Å². The fourth-order valence-electron chi connectivity index (χ4n) is 2.27. The lowest BCUT2D eigenvalue weighted by molar-refractivity contribution is 0.160. The molecule has 11 heavy (non-hydrogen) atoms. The van der Waals surface area contributed by atoms with Crippen molar-refractivity contribution in [3.8, 4) is 0 Å². The van der Waals surface area contributed by atoms with E-state index in [2.05, 4.69) is 12.1 Å². The van der Waals surface area contributed by atoms with Crippen LogP contribution in [0, 0.1) is 5.92 Å². The number of aliphatic hydroxyl groups excluding tert-OH is 1. The SMILES string of the molecule is O[C@@H]1c2ccccc2[C@H]2C[C@@H]12. The quantitative estimate of drug-likeness (QED) is 0.592. The summed E-state index contributed by atoms with van der Waals surface area (Å²) >= 11 is 0. The molecular weight excluding hydrogens is 136 g/mol. The van der Waals surface area contributed by atoms with E-state index < -0.39 is 0 Å². The summed E-state index contributed by atoms with van der Waals surface area (Å²) < 4.78 is 0. The number of fused-ring (bicyclic) bond motifs is 3. The molecule has 1 aromatic carbocycles. The van der Waals surface area contributed by atoms with Crippen LogP contribution in [0.3, 0.4) is 0 Å². The first-order chi connectivity index (χ1) is 5.38. The summed E-state index contributed by atoms with van der Waals surface area (Å²) in [5.41, 5.74) is 2.57. The Morgan fingerprint density at radius 1 is 1.18 bits per heavy atom. The Bertz CT molecular complexity index is 290. The van der Waals surface area contributed by atoms with Gasteiger partial charge in [0, 0.05) is 0 Å². The smallest absolute Gasteiger partial charge is 0.0827 e. The monoisotopic (exact) mass is 146 g/mol. The number of aliphatic hydroxyl groups is 1. The van der Waals surface area contributed by atoms with Gasteiger partial charge in [-0.05, 0) is 29.4 Å². The highest BCUT2D eigenvalue weighted by molar-refractivity contribution is 5.43. The molecule has 1 saturated carbocycles. The second-order valence-electron chi connectivity index (χ2n) is 3.58. The molecule has 3 atom stereocenters. The molecule has 0 aromatic heterocycles. The van der Waals surface area contributed by atoms with E-state index in [4.69, 9.17) is 0 Å². The van der Waals surface area contributed by atoms with Gasteiger partial charge in [0.05, 0.1) is 6.10 Å². The largest absolute Gasteiger partial charge is 0.388 e. The third kappa shape index (κ3) is 0.596. The molecule has 56 valence electrons. The van der Waals surface area contributed by atoms with Crippen LogP contribution >= 0.6 is 0 Å². The summed E-state index contributed by atoms with van der Waals surface area (Å²) in [4.78, 5) is 0. The number of benzene rings is 1. The minimum absolute atomic E-state index is 0.156. The van der Waals surface area contributed by atoms with E-state index >= 15 is 0 Å². The molecule has 0 unspecified atom stereocenters. The highest BCUT2D eigenvalue weighted by Crippen LogP contribution is 2.61. The molecule has 1 heteroatoms. The van der Waals surface area contributed by atoms with Crippen molar-refractivity contribution in [2.75, 3.05) is 0 Å². The van der Waals surface area contributed by atoms with Gasteiger partial charge in [0.1, 0.15) is 0 Å².